The Morgan fingerprint density at radius 3 is 2.48 bits per heavy atom. The van der Waals surface area contributed by atoms with Crippen LogP contribution in [-0.2, 0) is 10.0 Å². The molecule has 1 aliphatic heterocycles. The van der Waals surface area contributed by atoms with Crippen molar-refractivity contribution >= 4 is 21.4 Å². The van der Waals surface area contributed by atoms with Gasteiger partial charge < -0.3 is 4.74 Å². The molecule has 31 heavy (non-hydrogen) atoms. The van der Waals surface area contributed by atoms with Crippen LogP contribution in [0.3, 0.4) is 0 Å². The van der Waals surface area contributed by atoms with Crippen molar-refractivity contribution in [1.82, 2.24) is 4.57 Å². The number of pyridine rings is 1. The first-order valence-corrected chi connectivity index (χ1v) is 10.9. The van der Waals surface area contributed by atoms with E-state index in [1.54, 1.807) is 30.5 Å². The molecule has 2 aromatic carbocycles. The molecule has 2 heterocycles. The second-order valence-electron chi connectivity index (χ2n) is 7.60. The number of sulfonamides is 1. The Hall–Kier alpha value is -3.83. The molecule has 1 aliphatic rings. The summed E-state index contributed by atoms with van der Waals surface area (Å²) in [5.41, 5.74) is 0.895. The zero-order valence-electron chi connectivity index (χ0n) is 16.9. The van der Waals surface area contributed by atoms with Crippen molar-refractivity contribution in [2.24, 2.45) is 0 Å². The third-order valence-electron chi connectivity index (χ3n) is 4.74. The normalized spacial score (nSPS) is 14.5. The zero-order chi connectivity index (χ0) is 22.2. The molecule has 4 rings (SSSR count). The first-order valence-electron chi connectivity index (χ1n) is 9.46. The van der Waals surface area contributed by atoms with E-state index in [0.29, 0.717) is 28.3 Å². The summed E-state index contributed by atoms with van der Waals surface area (Å²) >= 11 is 0. The van der Waals surface area contributed by atoms with E-state index >= 15 is 0 Å². The van der Waals surface area contributed by atoms with E-state index in [4.69, 9.17) is 10.00 Å². The maximum absolute atomic E-state index is 13.0. The molecule has 0 radical (unpaired) electrons. The van der Waals surface area contributed by atoms with Gasteiger partial charge in [0, 0.05) is 23.5 Å². The molecule has 0 bridgehead atoms. The van der Waals surface area contributed by atoms with Crippen LogP contribution < -0.4 is 15.0 Å². The average Bonchev–Trinajstić information content (AvgIpc) is 2.73. The summed E-state index contributed by atoms with van der Waals surface area (Å²) in [6.45, 7) is 3.72. The van der Waals surface area contributed by atoms with Crippen LogP contribution >= 0.6 is 0 Å². The Morgan fingerprint density at radius 2 is 1.81 bits per heavy atom. The van der Waals surface area contributed by atoms with E-state index in [-0.39, 0.29) is 10.5 Å². The summed E-state index contributed by atoms with van der Waals surface area (Å²) in [7, 11) is -3.91. The molecular formula is C23H19N3O4S. The molecule has 0 unspecified atom stereocenters. The van der Waals surface area contributed by atoms with Crippen molar-refractivity contribution < 1.29 is 13.2 Å². The lowest BCUT2D eigenvalue weighted by molar-refractivity contribution is 0.157. The number of aromatic nitrogens is 1. The molecule has 0 aliphatic carbocycles. The van der Waals surface area contributed by atoms with E-state index in [2.05, 4.69) is 4.72 Å². The van der Waals surface area contributed by atoms with Gasteiger partial charge in [-0.15, -0.1) is 0 Å². The fraction of sp³-hybridized carbons (Fsp3) is 0.130. The highest BCUT2D eigenvalue weighted by atomic mass is 32.2. The standard InChI is InChI=1S/C23H19N3O4S/c1-23(2)14-20(26-12-4-3-5-22(26)27)19-13-18(10-11-21(19)30-23)31(28,29)25-17-8-6-16(15-24)7-9-17/h3-14,25H,1-2H3. The summed E-state index contributed by atoms with van der Waals surface area (Å²) in [4.78, 5) is 12.5. The van der Waals surface area contributed by atoms with Crippen molar-refractivity contribution in [3.8, 4) is 11.8 Å². The van der Waals surface area contributed by atoms with Gasteiger partial charge in [0.05, 0.1) is 22.2 Å². The summed E-state index contributed by atoms with van der Waals surface area (Å²) in [6.07, 6.45) is 3.43. The number of rotatable bonds is 4. The minimum atomic E-state index is -3.91. The molecule has 0 saturated heterocycles. The van der Waals surface area contributed by atoms with Gasteiger partial charge in [-0.2, -0.15) is 5.26 Å². The van der Waals surface area contributed by atoms with E-state index < -0.39 is 15.6 Å². The first-order chi connectivity index (χ1) is 14.7. The lowest BCUT2D eigenvalue weighted by Gasteiger charge is -2.31. The molecule has 0 fully saturated rings. The fourth-order valence-corrected chi connectivity index (χ4v) is 4.42. The third kappa shape index (κ3) is 4.09. The molecule has 1 N–H and O–H groups in total. The van der Waals surface area contributed by atoms with Crippen LogP contribution in [0, 0.1) is 11.3 Å². The molecule has 0 spiro atoms. The number of fused-ring (bicyclic) bond motifs is 1. The number of ether oxygens (including phenoxy) is 1. The largest absolute Gasteiger partial charge is 0.483 e. The van der Waals surface area contributed by atoms with Crippen LogP contribution in [0.25, 0.3) is 5.70 Å². The number of nitrogens with one attached hydrogen (secondary N) is 1. The molecule has 3 aromatic rings. The van der Waals surface area contributed by atoms with Crippen molar-refractivity contribution in [1.29, 1.82) is 5.26 Å². The Labute approximate surface area is 179 Å². The van der Waals surface area contributed by atoms with Gasteiger partial charge in [-0.05, 0) is 68.5 Å². The van der Waals surface area contributed by atoms with E-state index in [1.165, 1.54) is 47.0 Å². The van der Waals surface area contributed by atoms with Gasteiger partial charge in [0.2, 0.25) is 0 Å². The van der Waals surface area contributed by atoms with Crippen molar-refractivity contribution in [3.63, 3.8) is 0 Å². The average molecular weight is 433 g/mol. The Kier molecular flexibility index (Phi) is 4.91. The second-order valence-corrected chi connectivity index (χ2v) is 9.28. The number of nitrogens with zero attached hydrogens (tertiary/aromatic N) is 2. The number of benzene rings is 2. The van der Waals surface area contributed by atoms with Crippen LogP contribution in [0.4, 0.5) is 5.69 Å². The molecule has 156 valence electrons. The molecule has 7 nitrogen and oxygen atoms in total. The zero-order valence-corrected chi connectivity index (χ0v) is 17.7. The topological polar surface area (TPSA) is 101 Å². The second kappa shape index (κ2) is 7.45. The summed E-state index contributed by atoms with van der Waals surface area (Å²) in [5.74, 6) is 0.482. The minimum absolute atomic E-state index is 0.0220. The first kappa shape index (κ1) is 20.4. The van der Waals surface area contributed by atoms with Crippen LogP contribution in [0.5, 0.6) is 5.75 Å². The molecule has 8 heteroatoms. The number of hydrogen-bond donors (Lipinski definition) is 1. The van der Waals surface area contributed by atoms with Crippen LogP contribution in [0.2, 0.25) is 0 Å². The smallest absolute Gasteiger partial charge is 0.261 e. The van der Waals surface area contributed by atoms with Crippen LogP contribution in [0.1, 0.15) is 25.0 Å². The number of anilines is 1. The Bertz CT molecular complexity index is 1400. The monoisotopic (exact) mass is 433 g/mol. The van der Waals surface area contributed by atoms with Crippen LogP contribution in [-0.4, -0.2) is 18.6 Å². The van der Waals surface area contributed by atoms with Gasteiger partial charge >= 0.3 is 0 Å². The van der Waals surface area contributed by atoms with Gasteiger partial charge in [0.15, 0.2) is 0 Å². The summed E-state index contributed by atoms with van der Waals surface area (Å²) in [6, 6.07) is 17.4. The van der Waals surface area contributed by atoms with E-state index in [1.807, 2.05) is 19.9 Å². The van der Waals surface area contributed by atoms with Gasteiger partial charge in [-0.25, -0.2) is 8.42 Å². The SMILES string of the molecule is CC1(C)C=C(n2ccccc2=O)c2cc(S(=O)(=O)Nc3ccc(C#N)cc3)ccc2O1. The Morgan fingerprint density at radius 1 is 1.06 bits per heavy atom. The lowest BCUT2D eigenvalue weighted by Crippen LogP contribution is -2.32. The molecule has 0 saturated carbocycles. The highest BCUT2D eigenvalue weighted by Gasteiger charge is 2.29. The molecular weight excluding hydrogens is 414 g/mol. The fourth-order valence-electron chi connectivity index (χ4n) is 3.34. The predicted molar refractivity (Wildman–Crippen MR) is 117 cm³/mol. The maximum Gasteiger partial charge on any atom is 0.261 e. The van der Waals surface area contributed by atoms with Crippen molar-refractivity contribution in [2.75, 3.05) is 4.72 Å². The highest BCUT2D eigenvalue weighted by Crippen LogP contribution is 2.37. The third-order valence-corrected chi connectivity index (χ3v) is 6.12. The minimum Gasteiger partial charge on any atom is -0.483 e. The highest BCUT2D eigenvalue weighted by molar-refractivity contribution is 7.92. The number of nitriles is 1. The van der Waals surface area contributed by atoms with Gasteiger partial charge in [-0.1, -0.05) is 6.07 Å². The van der Waals surface area contributed by atoms with E-state index in [9.17, 15) is 13.2 Å². The van der Waals surface area contributed by atoms with Gasteiger partial charge in [-0.3, -0.25) is 14.1 Å². The maximum atomic E-state index is 13.0. The lowest BCUT2D eigenvalue weighted by atomic mass is 9.99. The summed E-state index contributed by atoms with van der Waals surface area (Å²) in [5, 5.41) is 8.90. The summed E-state index contributed by atoms with van der Waals surface area (Å²) < 4.78 is 35.9. The molecule has 0 amide bonds. The predicted octanol–water partition coefficient (Wildman–Crippen LogP) is 3.58. The molecule has 0 atom stereocenters. The van der Waals surface area contributed by atoms with Gasteiger partial charge in [0.25, 0.3) is 15.6 Å². The van der Waals surface area contributed by atoms with Gasteiger partial charge in [0.1, 0.15) is 11.4 Å². The van der Waals surface area contributed by atoms with E-state index in [0.717, 1.165) is 0 Å². The number of hydrogen-bond acceptors (Lipinski definition) is 5. The van der Waals surface area contributed by atoms with Crippen molar-refractivity contribution in [2.45, 2.75) is 24.3 Å². The van der Waals surface area contributed by atoms with Crippen molar-refractivity contribution in [3.05, 3.63) is 94.4 Å². The molecule has 1 aromatic heterocycles. The quantitative estimate of drug-likeness (QED) is 0.678. The van der Waals surface area contributed by atoms with Crippen LogP contribution in [0.15, 0.2) is 82.6 Å². The Balaban J connectivity index is 1.78.